The van der Waals surface area contributed by atoms with E-state index in [1.165, 1.54) is 13.2 Å². The lowest BCUT2D eigenvalue weighted by atomic mass is 10.1. The number of methoxy groups -OCH3 is 1. The van der Waals surface area contributed by atoms with Crippen molar-refractivity contribution in [3.8, 4) is 17.5 Å². The fourth-order valence-corrected chi connectivity index (χ4v) is 2.62. The number of carbonyl (C=O) groups is 1. The van der Waals surface area contributed by atoms with Crippen molar-refractivity contribution in [1.29, 1.82) is 0 Å². The number of rotatable bonds is 7. The SMILES string of the molecule is COc1ccc(CCC(=O)Nc2ccc(Oc3ncccn3)cc2C)cc1F. The predicted octanol–water partition coefficient (Wildman–Crippen LogP) is 4.30. The van der Waals surface area contributed by atoms with E-state index >= 15 is 0 Å². The van der Waals surface area contributed by atoms with Crippen molar-refractivity contribution >= 4 is 11.6 Å². The summed E-state index contributed by atoms with van der Waals surface area (Å²) in [5.41, 5.74) is 2.27. The molecule has 0 unspecified atom stereocenters. The number of amides is 1. The molecule has 28 heavy (non-hydrogen) atoms. The van der Waals surface area contributed by atoms with E-state index in [1.54, 1.807) is 48.8 Å². The number of nitrogens with zero attached hydrogens (tertiary/aromatic N) is 2. The van der Waals surface area contributed by atoms with Crippen LogP contribution in [0.5, 0.6) is 17.5 Å². The third kappa shape index (κ3) is 5.03. The highest BCUT2D eigenvalue weighted by Crippen LogP contribution is 2.24. The topological polar surface area (TPSA) is 73.3 Å². The molecule has 0 fully saturated rings. The van der Waals surface area contributed by atoms with Crippen LogP contribution in [0.25, 0.3) is 0 Å². The van der Waals surface area contributed by atoms with Gasteiger partial charge in [0.2, 0.25) is 5.91 Å². The Morgan fingerprint density at radius 2 is 1.93 bits per heavy atom. The summed E-state index contributed by atoms with van der Waals surface area (Å²) in [6.45, 7) is 1.87. The van der Waals surface area contributed by atoms with Gasteiger partial charge in [0.1, 0.15) is 5.75 Å². The Balaban J connectivity index is 1.57. The van der Waals surface area contributed by atoms with Crippen LogP contribution >= 0.6 is 0 Å². The van der Waals surface area contributed by atoms with E-state index in [1.807, 2.05) is 6.92 Å². The first-order valence-electron chi connectivity index (χ1n) is 8.73. The van der Waals surface area contributed by atoms with Gasteiger partial charge in [-0.1, -0.05) is 6.07 Å². The van der Waals surface area contributed by atoms with E-state index < -0.39 is 5.82 Å². The second-order valence-corrected chi connectivity index (χ2v) is 6.13. The van der Waals surface area contributed by atoms with E-state index in [4.69, 9.17) is 9.47 Å². The van der Waals surface area contributed by atoms with Gasteiger partial charge in [-0.3, -0.25) is 4.79 Å². The van der Waals surface area contributed by atoms with Crippen molar-refractivity contribution in [3.63, 3.8) is 0 Å². The van der Waals surface area contributed by atoms with Crippen LogP contribution in [0.3, 0.4) is 0 Å². The van der Waals surface area contributed by atoms with Gasteiger partial charge in [0.15, 0.2) is 11.6 Å². The van der Waals surface area contributed by atoms with Crippen LogP contribution in [0.2, 0.25) is 0 Å². The molecule has 1 amide bonds. The van der Waals surface area contributed by atoms with Crippen LogP contribution < -0.4 is 14.8 Å². The Bertz CT molecular complexity index is 964. The molecule has 0 spiro atoms. The van der Waals surface area contributed by atoms with Crippen molar-refractivity contribution in [1.82, 2.24) is 9.97 Å². The Morgan fingerprint density at radius 1 is 1.14 bits per heavy atom. The number of nitrogens with one attached hydrogen (secondary N) is 1. The number of ether oxygens (including phenoxy) is 2. The van der Waals surface area contributed by atoms with Gasteiger partial charge in [0.05, 0.1) is 7.11 Å². The highest BCUT2D eigenvalue weighted by molar-refractivity contribution is 5.91. The maximum absolute atomic E-state index is 13.7. The fourth-order valence-electron chi connectivity index (χ4n) is 2.62. The summed E-state index contributed by atoms with van der Waals surface area (Å²) in [5, 5.41) is 2.86. The van der Waals surface area contributed by atoms with Gasteiger partial charge >= 0.3 is 6.01 Å². The third-order valence-corrected chi connectivity index (χ3v) is 4.08. The average molecular weight is 381 g/mol. The maximum Gasteiger partial charge on any atom is 0.321 e. The summed E-state index contributed by atoms with van der Waals surface area (Å²) >= 11 is 0. The molecule has 6 nitrogen and oxygen atoms in total. The molecular formula is C21H20FN3O3. The lowest BCUT2D eigenvalue weighted by Crippen LogP contribution is -2.13. The summed E-state index contributed by atoms with van der Waals surface area (Å²) in [6.07, 6.45) is 3.86. The smallest absolute Gasteiger partial charge is 0.321 e. The standard InChI is InChI=1S/C21H20FN3O3/c1-14-12-16(28-21-23-10-3-11-24-21)6-7-18(14)25-20(26)9-5-15-4-8-19(27-2)17(22)13-15/h3-4,6-8,10-13H,5,9H2,1-2H3,(H,25,26). The number of hydrogen-bond donors (Lipinski definition) is 1. The largest absolute Gasteiger partial charge is 0.494 e. The van der Waals surface area contributed by atoms with Crippen LogP contribution in [0.1, 0.15) is 17.5 Å². The van der Waals surface area contributed by atoms with Gasteiger partial charge in [-0.15, -0.1) is 0 Å². The molecule has 0 saturated heterocycles. The minimum atomic E-state index is -0.436. The Morgan fingerprint density at radius 3 is 2.61 bits per heavy atom. The minimum Gasteiger partial charge on any atom is -0.494 e. The monoisotopic (exact) mass is 381 g/mol. The van der Waals surface area contributed by atoms with Gasteiger partial charge in [-0.2, -0.15) is 0 Å². The number of aryl methyl sites for hydroxylation is 2. The molecule has 0 bridgehead atoms. The quantitative estimate of drug-likeness (QED) is 0.661. The molecule has 0 radical (unpaired) electrons. The van der Waals surface area contributed by atoms with E-state index in [0.717, 1.165) is 11.1 Å². The Kier molecular flexibility index (Phi) is 6.16. The number of aromatic nitrogens is 2. The molecule has 0 aliphatic heterocycles. The first-order chi connectivity index (χ1) is 13.5. The van der Waals surface area contributed by atoms with Crippen LogP contribution in [0, 0.1) is 12.7 Å². The zero-order valence-electron chi connectivity index (χ0n) is 15.6. The lowest BCUT2D eigenvalue weighted by molar-refractivity contribution is -0.116. The number of carbonyl (C=O) groups excluding carboxylic acids is 1. The Labute approximate surface area is 162 Å². The average Bonchev–Trinajstić information content (AvgIpc) is 2.69. The molecule has 1 N–H and O–H groups in total. The zero-order chi connectivity index (χ0) is 19.9. The number of hydrogen-bond acceptors (Lipinski definition) is 5. The van der Waals surface area contributed by atoms with E-state index in [-0.39, 0.29) is 24.1 Å². The first kappa shape index (κ1) is 19.3. The minimum absolute atomic E-state index is 0.153. The summed E-state index contributed by atoms with van der Waals surface area (Å²) in [7, 11) is 1.41. The molecule has 7 heteroatoms. The highest BCUT2D eigenvalue weighted by atomic mass is 19.1. The molecule has 144 valence electrons. The zero-order valence-corrected chi connectivity index (χ0v) is 15.6. The van der Waals surface area contributed by atoms with E-state index in [2.05, 4.69) is 15.3 Å². The van der Waals surface area contributed by atoms with Gasteiger partial charge < -0.3 is 14.8 Å². The van der Waals surface area contributed by atoms with Crippen LogP contribution in [-0.4, -0.2) is 23.0 Å². The second-order valence-electron chi connectivity index (χ2n) is 6.13. The van der Waals surface area contributed by atoms with Crippen LogP contribution in [0.4, 0.5) is 10.1 Å². The van der Waals surface area contributed by atoms with E-state index in [9.17, 15) is 9.18 Å². The highest BCUT2D eigenvalue weighted by Gasteiger charge is 2.09. The van der Waals surface area contributed by atoms with Crippen molar-refractivity contribution in [2.75, 3.05) is 12.4 Å². The number of halogens is 1. The van der Waals surface area contributed by atoms with Crippen molar-refractivity contribution in [2.24, 2.45) is 0 Å². The Hall–Kier alpha value is -3.48. The fraction of sp³-hybridized carbons (Fsp3) is 0.190. The van der Waals surface area contributed by atoms with Crippen molar-refractivity contribution < 1.29 is 18.7 Å². The summed E-state index contributed by atoms with van der Waals surface area (Å²) < 4.78 is 24.2. The molecule has 2 aromatic carbocycles. The van der Waals surface area contributed by atoms with Gasteiger partial charge in [0, 0.05) is 24.5 Å². The molecule has 0 saturated carbocycles. The molecule has 1 heterocycles. The maximum atomic E-state index is 13.7. The van der Waals surface area contributed by atoms with E-state index in [0.29, 0.717) is 17.9 Å². The molecular weight excluding hydrogens is 361 g/mol. The van der Waals surface area contributed by atoms with Crippen molar-refractivity contribution in [3.05, 3.63) is 71.8 Å². The van der Waals surface area contributed by atoms with Crippen molar-refractivity contribution in [2.45, 2.75) is 19.8 Å². The van der Waals surface area contributed by atoms with Gasteiger partial charge in [-0.05, 0) is 60.9 Å². The summed E-state index contributed by atoms with van der Waals surface area (Å²) in [6, 6.07) is 11.9. The summed E-state index contributed by atoms with van der Waals surface area (Å²) in [5.74, 6) is 0.177. The molecule has 0 aliphatic rings. The third-order valence-electron chi connectivity index (χ3n) is 4.08. The molecule has 3 aromatic rings. The molecule has 0 aliphatic carbocycles. The molecule has 3 rings (SSSR count). The van der Waals surface area contributed by atoms with Gasteiger partial charge in [-0.25, -0.2) is 14.4 Å². The predicted molar refractivity (Wildman–Crippen MR) is 103 cm³/mol. The first-order valence-corrected chi connectivity index (χ1v) is 8.73. The van der Waals surface area contributed by atoms with Crippen LogP contribution in [0.15, 0.2) is 54.9 Å². The van der Waals surface area contributed by atoms with Gasteiger partial charge in [0.25, 0.3) is 0 Å². The normalized spacial score (nSPS) is 10.4. The molecule has 1 aromatic heterocycles. The molecule has 0 atom stereocenters. The second kappa shape index (κ2) is 8.94. The summed E-state index contributed by atoms with van der Waals surface area (Å²) in [4.78, 5) is 20.3. The number of anilines is 1. The number of benzene rings is 2. The van der Waals surface area contributed by atoms with Crippen LogP contribution in [-0.2, 0) is 11.2 Å². The lowest BCUT2D eigenvalue weighted by Gasteiger charge is -2.11.